The Labute approximate surface area is 121 Å². The SMILES string of the molecule is Nc1ccncc1S(=O)(=O)Nc1nc2c(s1)CCCC2. The van der Waals surface area contributed by atoms with Crippen LogP contribution in [0.1, 0.15) is 23.4 Å². The van der Waals surface area contributed by atoms with E-state index >= 15 is 0 Å². The number of aryl methyl sites for hydroxylation is 2. The van der Waals surface area contributed by atoms with E-state index < -0.39 is 10.0 Å². The van der Waals surface area contributed by atoms with Crippen LogP contribution in [0.2, 0.25) is 0 Å². The predicted octanol–water partition coefficient (Wildman–Crippen LogP) is 1.80. The summed E-state index contributed by atoms with van der Waals surface area (Å²) in [5.74, 6) is 0. The summed E-state index contributed by atoms with van der Waals surface area (Å²) in [6, 6.07) is 1.46. The molecule has 2 aromatic heterocycles. The number of pyridine rings is 1. The molecular formula is C12H14N4O2S2. The van der Waals surface area contributed by atoms with Crippen LogP contribution in [0.25, 0.3) is 0 Å². The number of nitrogens with one attached hydrogen (secondary N) is 1. The Morgan fingerprint density at radius 3 is 2.85 bits per heavy atom. The minimum atomic E-state index is -3.73. The van der Waals surface area contributed by atoms with Crippen LogP contribution in [0.4, 0.5) is 10.8 Å². The van der Waals surface area contributed by atoms with Crippen molar-refractivity contribution in [3.8, 4) is 0 Å². The summed E-state index contributed by atoms with van der Waals surface area (Å²) < 4.78 is 27.0. The van der Waals surface area contributed by atoms with E-state index in [2.05, 4.69) is 14.7 Å². The molecular weight excluding hydrogens is 296 g/mol. The number of hydrogen-bond donors (Lipinski definition) is 2. The molecule has 0 amide bonds. The van der Waals surface area contributed by atoms with Gasteiger partial charge in [0.25, 0.3) is 10.0 Å². The van der Waals surface area contributed by atoms with Crippen LogP contribution < -0.4 is 10.5 Å². The van der Waals surface area contributed by atoms with E-state index in [4.69, 9.17) is 5.73 Å². The second kappa shape index (κ2) is 5.02. The maximum Gasteiger partial charge on any atom is 0.267 e. The lowest BCUT2D eigenvalue weighted by Gasteiger charge is -2.06. The highest BCUT2D eigenvalue weighted by atomic mass is 32.2. The second-order valence-corrected chi connectivity index (χ2v) is 7.35. The minimum Gasteiger partial charge on any atom is -0.398 e. The van der Waals surface area contributed by atoms with Gasteiger partial charge in [0.15, 0.2) is 5.13 Å². The Bertz CT molecular complexity index is 716. The molecule has 3 rings (SSSR count). The number of aromatic nitrogens is 2. The van der Waals surface area contributed by atoms with E-state index in [0.717, 1.165) is 31.4 Å². The van der Waals surface area contributed by atoms with Gasteiger partial charge in [-0.05, 0) is 31.7 Å². The third-order valence-electron chi connectivity index (χ3n) is 3.17. The number of fused-ring (bicyclic) bond motifs is 1. The van der Waals surface area contributed by atoms with Crippen LogP contribution in [0.5, 0.6) is 0 Å². The Hall–Kier alpha value is -1.67. The molecule has 2 heterocycles. The van der Waals surface area contributed by atoms with Crippen LogP contribution in [0.15, 0.2) is 23.4 Å². The Morgan fingerprint density at radius 1 is 1.30 bits per heavy atom. The summed E-state index contributed by atoms with van der Waals surface area (Å²) >= 11 is 1.40. The highest BCUT2D eigenvalue weighted by Crippen LogP contribution is 2.31. The zero-order valence-corrected chi connectivity index (χ0v) is 12.3. The first-order valence-corrected chi connectivity index (χ1v) is 8.57. The van der Waals surface area contributed by atoms with E-state index in [1.807, 2.05) is 0 Å². The van der Waals surface area contributed by atoms with Crippen molar-refractivity contribution in [2.24, 2.45) is 0 Å². The van der Waals surface area contributed by atoms with Crippen molar-refractivity contribution in [1.82, 2.24) is 9.97 Å². The molecule has 1 aliphatic carbocycles. The van der Waals surface area contributed by atoms with Gasteiger partial charge in [0.2, 0.25) is 0 Å². The van der Waals surface area contributed by atoms with E-state index in [9.17, 15) is 8.42 Å². The van der Waals surface area contributed by atoms with Crippen LogP contribution in [0.3, 0.4) is 0 Å². The highest BCUT2D eigenvalue weighted by Gasteiger charge is 2.21. The molecule has 2 aromatic rings. The smallest absolute Gasteiger partial charge is 0.267 e. The van der Waals surface area contributed by atoms with Crippen LogP contribution in [-0.2, 0) is 22.9 Å². The first-order chi connectivity index (χ1) is 9.56. The zero-order valence-electron chi connectivity index (χ0n) is 10.7. The van der Waals surface area contributed by atoms with Gasteiger partial charge < -0.3 is 5.73 Å². The lowest BCUT2D eigenvalue weighted by Crippen LogP contribution is -2.15. The predicted molar refractivity (Wildman–Crippen MR) is 78.2 cm³/mol. The summed E-state index contributed by atoms with van der Waals surface area (Å²) in [6.07, 6.45) is 6.84. The summed E-state index contributed by atoms with van der Waals surface area (Å²) in [6.45, 7) is 0. The standard InChI is InChI=1S/C12H14N4O2S2/c13-8-5-6-14-7-11(8)20(17,18)16-12-15-9-3-1-2-4-10(9)19-12/h5-7H,1-4H2,(H2,13,14)(H,15,16). The van der Waals surface area contributed by atoms with E-state index in [1.165, 1.54) is 34.7 Å². The van der Waals surface area contributed by atoms with Crippen molar-refractivity contribution in [1.29, 1.82) is 0 Å². The van der Waals surface area contributed by atoms with Crippen molar-refractivity contribution >= 4 is 32.2 Å². The van der Waals surface area contributed by atoms with Crippen LogP contribution in [-0.4, -0.2) is 18.4 Å². The number of thiazole rings is 1. The average Bonchev–Trinajstić information content (AvgIpc) is 2.80. The molecule has 0 radical (unpaired) electrons. The lowest BCUT2D eigenvalue weighted by atomic mass is 10.0. The Morgan fingerprint density at radius 2 is 2.10 bits per heavy atom. The average molecular weight is 310 g/mol. The van der Waals surface area contributed by atoms with Gasteiger partial charge in [0.05, 0.1) is 11.4 Å². The third kappa shape index (κ3) is 2.48. The number of nitrogen functional groups attached to an aromatic ring is 1. The molecule has 0 saturated heterocycles. The topological polar surface area (TPSA) is 98.0 Å². The van der Waals surface area contributed by atoms with Crippen molar-refractivity contribution in [2.75, 3.05) is 10.5 Å². The lowest BCUT2D eigenvalue weighted by molar-refractivity contribution is 0.601. The van der Waals surface area contributed by atoms with E-state index in [-0.39, 0.29) is 10.6 Å². The number of sulfonamides is 1. The summed E-state index contributed by atoms with van der Waals surface area (Å²) in [5, 5.41) is 0.403. The second-order valence-electron chi connectivity index (χ2n) is 4.61. The molecule has 106 valence electrons. The van der Waals surface area contributed by atoms with Crippen LogP contribution >= 0.6 is 11.3 Å². The van der Waals surface area contributed by atoms with Gasteiger partial charge in [-0.25, -0.2) is 13.4 Å². The fourth-order valence-electron chi connectivity index (χ4n) is 2.18. The van der Waals surface area contributed by atoms with Crippen molar-refractivity contribution in [2.45, 2.75) is 30.6 Å². The largest absolute Gasteiger partial charge is 0.398 e. The molecule has 0 spiro atoms. The molecule has 6 nitrogen and oxygen atoms in total. The number of hydrogen-bond acceptors (Lipinski definition) is 6. The Balaban J connectivity index is 1.90. The summed E-state index contributed by atoms with van der Waals surface area (Å²) in [5.41, 5.74) is 6.87. The van der Waals surface area contributed by atoms with E-state index in [0.29, 0.717) is 5.13 Å². The van der Waals surface area contributed by atoms with Crippen LogP contribution in [0, 0.1) is 0 Å². The van der Waals surface area contributed by atoms with Crippen molar-refractivity contribution < 1.29 is 8.42 Å². The molecule has 20 heavy (non-hydrogen) atoms. The number of nitrogens with zero attached hydrogens (tertiary/aromatic N) is 2. The van der Waals surface area contributed by atoms with Gasteiger partial charge in [0.1, 0.15) is 4.90 Å². The maximum atomic E-state index is 12.3. The molecule has 1 aliphatic rings. The van der Waals surface area contributed by atoms with Gasteiger partial charge in [-0.3, -0.25) is 9.71 Å². The number of rotatable bonds is 3. The summed E-state index contributed by atoms with van der Waals surface area (Å²) in [7, 11) is -3.73. The van der Waals surface area contributed by atoms with E-state index in [1.54, 1.807) is 0 Å². The monoisotopic (exact) mass is 310 g/mol. The number of nitrogens with two attached hydrogens (primary N) is 1. The third-order valence-corrected chi connectivity index (χ3v) is 5.76. The van der Waals surface area contributed by atoms with Crippen molar-refractivity contribution in [3.05, 3.63) is 29.0 Å². The molecule has 3 N–H and O–H groups in total. The summed E-state index contributed by atoms with van der Waals surface area (Å²) in [4.78, 5) is 9.31. The first kappa shape index (κ1) is 13.3. The minimum absolute atomic E-state index is 0.0202. The maximum absolute atomic E-state index is 12.3. The van der Waals surface area contributed by atoms with Gasteiger partial charge in [-0.15, -0.1) is 11.3 Å². The quantitative estimate of drug-likeness (QED) is 0.900. The first-order valence-electron chi connectivity index (χ1n) is 6.27. The van der Waals surface area contributed by atoms with Gasteiger partial charge in [-0.1, -0.05) is 0 Å². The molecule has 0 aromatic carbocycles. The highest BCUT2D eigenvalue weighted by molar-refractivity contribution is 7.93. The molecule has 0 aliphatic heterocycles. The van der Waals surface area contributed by atoms with Gasteiger partial charge >= 0.3 is 0 Å². The molecule has 0 fully saturated rings. The normalized spacial score (nSPS) is 14.8. The fourth-order valence-corrected chi connectivity index (χ4v) is 4.54. The molecule has 0 atom stereocenters. The van der Waals surface area contributed by atoms with Gasteiger partial charge in [0, 0.05) is 17.3 Å². The van der Waals surface area contributed by atoms with Gasteiger partial charge in [-0.2, -0.15) is 0 Å². The molecule has 0 bridgehead atoms. The zero-order chi connectivity index (χ0) is 14.2. The Kier molecular flexibility index (Phi) is 3.35. The number of anilines is 2. The molecule has 8 heteroatoms. The molecule has 0 saturated carbocycles. The molecule has 0 unspecified atom stereocenters. The fraction of sp³-hybridized carbons (Fsp3) is 0.333. The van der Waals surface area contributed by atoms with Crippen molar-refractivity contribution in [3.63, 3.8) is 0 Å².